The molecule has 3 N–H and O–H groups in total. The van der Waals surface area contributed by atoms with Crippen molar-refractivity contribution in [2.75, 3.05) is 11.9 Å². The van der Waals surface area contributed by atoms with Gasteiger partial charge in [0, 0.05) is 16.8 Å². The summed E-state index contributed by atoms with van der Waals surface area (Å²) < 4.78 is 0. The fourth-order valence-corrected chi connectivity index (χ4v) is 1.28. The van der Waals surface area contributed by atoms with Crippen molar-refractivity contribution in [1.82, 2.24) is 5.32 Å². The van der Waals surface area contributed by atoms with Gasteiger partial charge in [0.25, 0.3) is 0 Å². The number of nitrogens with one attached hydrogen (secondary N) is 2. The predicted octanol–water partition coefficient (Wildman–Crippen LogP) is 1.95. The Hall–Kier alpha value is -1.99. The number of benzene rings is 1. The van der Waals surface area contributed by atoms with Crippen LogP contribution in [-0.4, -0.2) is 23.3 Å². The van der Waals surface area contributed by atoms with Crippen LogP contribution in [0.4, 0.5) is 10.5 Å². The minimum Gasteiger partial charge on any atom is -0.384 e. The smallest absolute Gasteiger partial charge is 0.319 e. The van der Waals surface area contributed by atoms with Crippen molar-refractivity contribution in [3.63, 3.8) is 0 Å². The van der Waals surface area contributed by atoms with Gasteiger partial charge in [-0.3, -0.25) is 0 Å². The Kier molecular flexibility index (Phi) is 4.75. The van der Waals surface area contributed by atoms with E-state index in [9.17, 15) is 4.79 Å². The first-order chi connectivity index (χ1) is 8.40. The molecule has 0 radical (unpaired) electrons. The van der Waals surface area contributed by atoms with E-state index in [1.54, 1.807) is 24.3 Å². The Balaban J connectivity index is 2.61. The largest absolute Gasteiger partial charge is 0.384 e. The maximum absolute atomic E-state index is 11.6. The zero-order valence-electron chi connectivity index (χ0n) is 10.9. The molecule has 0 saturated carbocycles. The molecule has 0 saturated heterocycles. The molecule has 0 spiro atoms. The summed E-state index contributed by atoms with van der Waals surface area (Å²) in [5, 5.41) is 14.1. The third-order valence-electron chi connectivity index (χ3n) is 1.94. The quantitative estimate of drug-likeness (QED) is 0.663. The van der Waals surface area contributed by atoms with Gasteiger partial charge in [0.15, 0.2) is 0 Å². The summed E-state index contributed by atoms with van der Waals surface area (Å²) in [5.41, 5.74) is 1.23. The van der Waals surface area contributed by atoms with E-state index in [0.29, 0.717) is 5.69 Å². The zero-order chi connectivity index (χ0) is 13.6. The van der Waals surface area contributed by atoms with Gasteiger partial charge >= 0.3 is 6.03 Å². The molecule has 0 unspecified atom stereocenters. The topological polar surface area (TPSA) is 61.4 Å². The average molecular weight is 246 g/mol. The number of carbonyl (C=O) groups excluding carboxylic acids is 1. The van der Waals surface area contributed by atoms with E-state index >= 15 is 0 Å². The van der Waals surface area contributed by atoms with E-state index in [-0.39, 0.29) is 18.2 Å². The maximum atomic E-state index is 11.6. The summed E-state index contributed by atoms with van der Waals surface area (Å²) in [4.78, 5) is 11.6. The number of rotatable bonds is 1. The van der Waals surface area contributed by atoms with Crippen LogP contribution in [0.15, 0.2) is 24.3 Å². The molecule has 1 aromatic rings. The standard InChI is InChI=1S/C14H18N2O2/c1-14(2,3)16-13(18)15-12-8-6-11(7-9-12)5-4-10-17/h6-9,17H,10H2,1-3H3,(H2,15,16,18). The number of carbonyl (C=O) groups is 1. The number of aliphatic hydroxyl groups is 1. The van der Waals surface area contributed by atoms with E-state index in [1.165, 1.54) is 0 Å². The monoisotopic (exact) mass is 246 g/mol. The van der Waals surface area contributed by atoms with Crippen LogP contribution in [0, 0.1) is 11.8 Å². The Morgan fingerprint density at radius 2 is 1.89 bits per heavy atom. The fraction of sp³-hybridized carbons (Fsp3) is 0.357. The lowest BCUT2D eigenvalue weighted by atomic mass is 10.1. The second-order valence-electron chi connectivity index (χ2n) is 4.87. The van der Waals surface area contributed by atoms with Gasteiger partial charge in [-0.1, -0.05) is 11.8 Å². The first kappa shape index (κ1) is 14.1. The molecule has 0 aromatic heterocycles. The molecule has 0 atom stereocenters. The first-order valence-electron chi connectivity index (χ1n) is 5.70. The zero-order valence-corrected chi connectivity index (χ0v) is 10.9. The minimum absolute atomic E-state index is 0.159. The van der Waals surface area contributed by atoms with E-state index in [0.717, 1.165) is 5.56 Å². The number of anilines is 1. The Labute approximate surface area is 107 Å². The predicted molar refractivity (Wildman–Crippen MR) is 72.3 cm³/mol. The lowest BCUT2D eigenvalue weighted by Gasteiger charge is -2.20. The Bertz CT molecular complexity index is 461. The van der Waals surface area contributed by atoms with Crippen molar-refractivity contribution in [2.45, 2.75) is 26.3 Å². The van der Waals surface area contributed by atoms with Crippen LogP contribution in [-0.2, 0) is 0 Å². The van der Waals surface area contributed by atoms with Gasteiger partial charge in [-0.2, -0.15) is 0 Å². The number of hydrogen-bond acceptors (Lipinski definition) is 2. The molecule has 0 heterocycles. The van der Waals surface area contributed by atoms with Crippen molar-refractivity contribution in [1.29, 1.82) is 0 Å². The summed E-state index contributed by atoms with van der Waals surface area (Å²) in [5.74, 6) is 5.35. The summed E-state index contributed by atoms with van der Waals surface area (Å²) >= 11 is 0. The van der Waals surface area contributed by atoms with E-state index in [1.807, 2.05) is 20.8 Å². The minimum atomic E-state index is -0.267. The number of hydrogen-bond donors (Lipinski definition) is 3. The molecule has 0 bridgehead atoms. The highest BCUT2D eigenvalue weighted by Gasteiger charge is 2.13. The summed E-state index contributed by atoms with van der Waals surface area (Å²) in [6, 6.07) is 6.87. The van der Waals surface area contributed by atoms with Crippen LogP contribution in [0.3, 0.4) is 0 Å². The van der Waals surface area contributed by atoms with Crippen LogP contribution < -0.4 is 10.6 Å². The third kappa shape index (κ3) is 5.37. The molecule has 0 fully saturated rings. The highest BCUT2D eigenvalue weighted by molar-refractivity contribution is 5.89. The number of aliphatic hydroxyl groups excluding tert-OH is 1. The van der Waals surface area contributed by atoms with E-state index < -0.39 is 0 Å². The molecule has 2 amide bonds. The first-order valence-corrected chi connectivity index (χ1v) is 5.70. The van der Waals surface area contributed by atoms with Gasteiger partial charge in [-0.05, 0) is 45.0 Å². The fourth-order valence-electron chi connectivity index (χ4n) is 1.28. The van der Waals surface area contributed by atoms with Crippen LogP contribution in [0.5, 0.6) is 0 Å². The van der Waals surface area contributed by atoms with Crippen LogP contribution >= 0.6 is 0 Å². The normalized spacial score (nSPS) is 10.2. The highest BCUT2D eigenvalue weighted by atomic mass is 16.2. The molecule has 96 valence electrons. The highest BCUT2D eigenvalue weighted by Crippen LogP contribution is 2.09. The van der Waals surface area contributed by atoms with Gasteiger partial charge in [0.1, 0.15) is 6.61 Å². The summed E-state index contributed by atoms with van der Waals surface area (Å²) in [6.07, 6.45) is 0. The molecule has 1 rings (SSSR count). The number of amides is 2. The molecular formula is C14H18N2O2. The second-order valence-corrected chi connectivity index (χ2v) is 4.87. The average Bonchev–Trinajstić information content (AvgIpc) is 2.25. The van der Waals surface area contributed by atoms with Crippen LogP contribution in [0.25, 0.3) is 0 Å². The summed E-state index contributed by atoms with van der Waals surface area (Å²) in [6.45, 7) is 5.59. The Morgan fingerprint density at radius 1 is 1.28 bits per heavy atom. The molecule has 4 heteroatoms. The van der Waals surface area contributed by atoms with Crippen molar-refractivity contribution >= 4 is 11.7 Å². The molecule has 4 nitrogen and oxygen atoms in total. The molecule has 0 aliphatic heterocycles. The Morgan fingerprint density at radius 3 is 2.39 bits per heavy atom. The molecule has 1 aromatic carbocycles. The second kappa shape index (κ2) is 6.08. The number of urea groups is 1. The van der Waals surface area contributed by atoms with Gasteiger partial charge in [0.2, 0.25) is 0 Å². The molecule has 0 aliphatic carbocycles. The maximum Gasteiger partial charge on any atom is 0.319 e. The van der Waals surface area contributed by atoms with Crippen molar-refractivity contribution in [3.8, 4) is 11.8 Å². The van der Waals surface area contributed by atoms with Gasteiger partial charge in [-0.15, -0.1) is 0 Å². The molecule has 18 heavy (non-hydrogen) atoms. The molecule has 0 aliphatic rings. The van der Waals surface area contributed by atoms with E-state index in [4.69, 9.17) is 5.11 Å². The van der Waals surface area contributed by atoms with Crippen molar-refractivity contribution < 1.29 is 9.90 Å². The van der Waals surface area contributed by atoms with Crippen molar-refractivity contribution in [2.24, 2.45) is 0 Å². The van der Waals surface area contributed by atoms with Crippen LogP contribution in [0.1, 0.15) is 26.3 Å². The van der Waals surface area contributed by atoms with Gasteiger partial charge in [0.05, 0.1) is 0 Å². The molecular weight excluding hydrogens is 228 g/mol. The summed E-state index contributed by atoms with van der Waals surface area (Å²) in [7, 11) is 0. The van der Waals surface area contributed by atoms with E-state index in [2.05, 4.69) is 22.5 Å². The van der Waals surface area contributed by atoms with Gasteiger partial charge < -0.3 is 15.7 Å². The lowest BCUT2D eigenvalue weighted by Crippen LogP contribution is -2.43. The van der Waals surface area contributed by atoms with Crippen molar-refractivity contribution in [3.05, 3.63) is 29.8 Å². The lowest BCUT2D eigenvalue weighted by molar-refractivity contribution is 0.244. The van der Waals surface area contributed by atoms with Gasteiger partial charge in [-0.25, -0.2) is 4.79 Å². The van der Waals surface area contributed by atoms with Crippen LogP contribution in [0.2, 0.25) is 0 Å². The third-order valence-corrected chi connectivity index (χ3v) is 1.94. The SMILES string of the molecule is CC(C)(C)NC(=O)Nc1ccc(C#CCO)cc1.